The maximum Gasteiger partial charge on any atom is 0.338 e. The standard InChI is InChI=1S/C18H17N3O4S/c1-24-9-8-21-15-14(16(22)20-18(21)26)12(17(23)25-2)10-13(19-15)11-6-4-3-5-7-11/h3-7,10H,8-9H2,1-2H3,(H,20,22,26). The molecule has 0 saturated heterocycles. The second-order valence-electron chi connectivity index (χ2n) is 5.51. The highest BCUT2D eigenvalue weighted by atomic mass is 32.1. The number of H-pyrrole nitrogens is 1. The number of carbonyl (C=O) groups is 1. The Labute approximate surface area is 154 Å². The van der Waals surface area contributed by atoms with Crippen LogP contribution in [-0.4, -0.2) is 41.3 Å². The smallest absolute Gasteiger partial charge is 0.338 e. The maximum absolute atomic E-state index is 12.5. The number of carbonyl (C=O) groups excluding carboxylic acids is 1. The van der Waals surface area contributed by atoms with Gasteiger partial charge in [0.05, 0.1) is 36.9 Å². The Balaban J connectivity index is 2.41. The van der Waals surface area contributed by atoms with Gasteiger partial charge in [0.2, 0.25) is 0 Å². The zero-order valence-electron chi connectivity index (χ0n) is 14.3. The minimum absolute atomic E-state index is 0.138. The van der Waals surface area contributed by atoms with Crippen LogP contribution in [0.5, 0.6) is 0 Å². The van der Waals surface area contributed by atoms with Gasteiger partial charge in [-0.3, -0.25) is 9.78 Å². The molecule has 0 atom stereocenters. The summed E-state index contributed by atoms with van der Waals surface area (Å²) in [4.78, 5) is 32.0. The Morgan fingerprint density at radius 3 is 2.65 bits per heavy atom. The fourth-order valence-corrected chi connectivity index (χ4v) is 2.96. The fraction of sp³-hybridized carbons (Fsp3) is 0.222. The molecule has 134 valence electrons. The van der Waals surface area contributed by atoms with Gasteiger partial charge in [-0.15, -0.1) is 0 Å². The zero-order valence-corrected chi connectivity index (χ0v) is 15.1. The summed E-state index contributed by atoms with van der Waals surface area (Å²) in [5, 5.41) is 0.140. The summed E-state index contributed by atoms with van der Waals surface area (Å²) in [5.74, 6) is -0.615. The number of benzene rings is 1. The van der Waals surface area contributed by atoms with Crippen LogP contribution in [0.15, 0.2) is 41.2 Å². The Hall–Kier alpha value is -2.84. The van der Waals surface area contributed by atoms with Crippen LogP contribution in [0, 0.1) is 4.77 Å². The molecule has 3 rings (SSSR count). The molecule has 3 aromatic rings. The van der Waals surface area contributed by atoms with Gasteiger partial charge in [-0.25, -0.2) is 9.78 Å². The van der Waals surface area contributed by atoms with Gasteiger partial charge in [-0.1, -0.05) is 30.3 Å². The van der Waals surface area contributed by atoms with Gasteiger partial charge < -0.3 is 14.0 Å². The van der Waals surface area contributed by atoms with E-state index in [4.69, 9.17) is 21.7 Å². The van der Waals surface area contributed by atoms with Gasteiger partial charge in [0, 0.05) is 12.7 Å². The number of esters is 1. The molecule has 0 radical (unpaired) electrons. The Kier molecular flexibility index (Phi) is 5.24. The third-order valence-electron chi connectivity index (χ3n) is 3.94. The number of fused-ring (bicyclic) bond motifs is 1. The van der Waals surface area contributed by atoms with Crippen LogP contribution in [0.4, 0.5) is 0 Å². The van der Waals surface area contributed by atoms with Crippen LogP contribution in [0.3, 0.4) is 0 Å². The van der Waals surface area contributed by atoms with Crippen molar-refractivity contribution in [2.24, 2.45) is 0 Å². The van der Waals surface area contributed by atoms with Crippen molar-refractivity contribution in [2.75, 3.05) is 20.8 Å². The summed E-state index contributed by atoms with van der Waals surface area (Å²) in [5.41, 5.74) is 1.33. The summed E-state index contributed by atoms with van der Waals surface area (Å²) in [6.07, 6.45) is 0. The van der Waals surface area contributed by atoms with Crippen LogP contribution < -0.4 is 5.56 Å². The second-order valence-corrected chi connectivity index (χ2v) is 5.90. The number of nitrogens with zero attached hydrogens (tertiary/aromatic N) is 2. The van der Waals surface area contributed by atoms with E-state index in [9.17, 15) is 9.59 Å². The average molecular weight is 371 g/mol. The first-order chi connectivity index (χ1) is 12.6. The molecule has 2 heterocycles. The maximum atomic E-state index is 12.5. The predicted octanol–water partition coefficient (Wildman–Crippen LogP) is 2.55. The summed E-state index contributed by atoms with van der Waals surface area (Å²) >= 11 is 5.27. The molecule has 0 fully saturated rings. The lowest BCUT2D eigenvalue weighted by Gasteiger charge is -2.13. The third-order valence-corrected chi connectivity index (χ3v) is 4.27. The molecule has 0 aliphatic rings. The van der Waals surface area contributed by atoms with Crippen molar-refractivity contribution >= 4 is 29.2 Å². The first-order valence-corrected chi connectivity index (χ1v) is 8.28. The Morgan fingerprint density at radius 2 is 2.00 bits per heavy atom. The molecule has 0 spiro atoms. The molecule has 0 aliphatic carbocycles. The summed E-state index contributed by atoms with van der Waals surface area (Å²) < 4.78 is 11.8. The second kappa shape index (κ2) is 7.59. The first kappa shape index (κ1) is 18.0. The van der Waals surface area contributed by atoms with E-state index in [1.807, 2.05) is 30.3 Å². The number of nitrogens with one attached hydrogen (secondary N) is 1. The lowest BCUT2D eigenvalue weighted by molar-refractivity contribution is 0.0603. The highest BCUT2D eigenvalue weighted by Gasteiger charge is 2.19. The zero-order chi connectivity index (χ0) is 18.7. The fourth-order valence-electron chi connectivity index (χ4n) is 2.69. The van der Waals surface area contributed by atoms with Gasteiger partial charge in [0.15, 0.2) is 4.77 Å². The van der Waals surface area contributed by atoms with Crippen molar-refractivity contribution in [3.63, 3.8) is 0 Å². The summed E-state index contributed by atoms with van der Waals surface area (Å²) in [7, 11) is 2.84. The number of aromatic amines is 1. The summed E-state index contributed by atoms with van der Waals surface area (Å²) in [6.45, 7) is 0.759. The molecule has 0 saturated carbocycles. The number of hydrogen-bond acceptors (Lipinski definition) is 6. The van der Waals surface area contributed by atoms with Crippen LogP contribution in [-0.2, 0) is 16.0 Å². The largest absolute Gasteiger partial charge is 0.465 e. The van der Waals surface area contributed by atoms with E-state index in [1.54, 1.807) is 17.7 Å². The van der Waals surface area contributed by atoms with Crippen molar-refractivity contribution in [3.05, 3.63) is 57.1 Å². The molecule has 7 nitrogen and oxygen atoms in total. The van der Waals surface area contributed by atoms with Gasteiger partial charge in [0.1, 0.15) is 5.65 Å². The number of rotatable bonds is 5. The average Bonchev–Trinajstić information content (AvgIpc) is 2.67. The van der Waals surface area contributed by atoms with E-state index in [-0.39, 0.29) is 15.7 Å². The highest BCUT2D eigenvalue weighted by Crippen LogP contribution is 2.23. The molecule has 26 heavy (non-hydrogen) atoms. The van der Waals surface area contributed by atoms with Crippen LogP contribution >= 0.6 is 12.2 Å². The molecule has 0 amide bonds. The number of ether oxygens (including phenoxy) is 2. The molecule has 8 heteroatoms. The van der Waals surface area contributed by atoms with E-state index in [1.165, 1.54) is 7.11 Å². The quantitative estimate of drug-likeness (QED) is 0.548. The van der Waals surface area contributed by atoms with Crippen molar-refractivity contribution < 1.29 is 14.3 Å². The lowest BCUT2D eigenvalue weighted by Crippen LogP contribution is -2.20. The van der Waals surface area contributed by atoms with Crippen molar-refractivity contribution in [2.45, 2.75) is 6.54 Å². The molecule has 1 aromatic carbocycles. The number of pyridine rings is 1. The van der Waals surface area contributed by atoms with Crippen molar-refractivity contribution in [3.8, 4) is 11.3 Å². The highest BCUT2D eigenvalue weighted by molar-refractivity contribution is 7.71. The van der Waals surface area contributed by atoms with E-state index in [0.29, 0.717) is 24.5 Å². The van der Waals surface area contributed by atoms with Crippen LogP contribution in [0.2, 0.25) is 0 Å². The topological polar surface area (TPSA) is 86.2 Å². The van der Waals surface area contributed by atoms with E-state index < -0.39 is 11.5 Å². The SMILES string of the molecule is COCCn1c(=S)[nH]c(=O)c2c(C(=O)OC)cc(-c3ccccc3)nc21. The summed E-state index contributed by atoms with van der Waals surface area (Å²) in [6, 6.07) is 10.9. The van der Waals surface area contributed by atoms with E-state index in [0.717, 1.165) is 5.56 Å². The van der Waals surface area contributed by atoms with Crippen LogP contribution in [0.1, 0.15) is 10.4 Å². The number of aromatic nitrogens is 3. The van der Waals surface area contributed by atoms with Crippen LogP contribution in [0.25, 0.3) is 22.3 Å². The molecule has 0 aliphatic heterocycles. The lowest BCUT2D eigenvalue weighted by atomic mass is 10.1. The molecule has 1 N–H and O–H groups in total. The first-order valence-electron chi connectivity index (χ1n) is 7.87. The minimum atomic E-state index is -0.615. The van der Waals surface area contributed by atoms with Gasteiger partial charge >= 0.3 is 5.97 Å². The Bertz CT molecular complexity index is 1070. The monoisotopic (exact) mass is 371 g/mol. The minimum Gasteiger partial charge on any atom is -0.465 e. The predicted molar refractivity (Wildman–Crippen MR) is 99.8 cm³/mol. The van der Waals surface area contributed by atoms with Gasteiger partial charge in [0.25, 0.3) is 5.56 Å². The molecule has 0 unspecified atom stereocenters. The molecular weight excluding hydrogens is 354 g/mol. The number of hydrogen-bond donors (Lipinski definition) is 1. The molecular formula is C18H17N3O4S. The third kappa shape index (κ3) is 3.29. The number of methoxy groups -OCH3 is 2. The molecule has 2 aromatic heterocycles. The molecule has 0 bridgehead atoms. The van der Waals surface area contributed by atoms with E-state index in [2.05, 4.69) is 9.97 Å². The van der Waals surface area contributed by atoms with Gasteiger partial charge in [-0.2, -0.15) is 0 Å². The van der Waals surface area contributed by atoms with E-state index >= 15 is 0 Å². The van der Waals surface area contributed by atoms with Crippen molar-refractivity contribution in [1.82, 2.24) is 14.5 Å². The van der Waals surface area contributed by atoms with Gasteiger partial charge in [-0.05, 0) is 18.3 Å². The Morgan fingerprint density at radius 1 is 1.27 bits per heavy atom. The normalized spacial score (nSPS) is 10.8. The van der Waals surface area contributed by atoms with Crippen molar-refractivity contribution in [1.29, 1.82) is 0 Å².